The van der Waals surface area contributed by atoms with Gasteiger partial charge in [-0.1, -0.05) is 36.2 Å². The summed E-state index contributed by atoms with van der Waals surface area (Å²) in [6.07, 6.45) is 5.08. The average molecular weight is 295 g/mol. The minimum atomic E-state index is -2.92. The number of aryl methyl sites for hydroxylation is 1. The summed E-state index contributed by atoms with van der Waals surface area (Å²) in [5.41, 5.74) is 2.51. The maximum atomic E-state index is 11.8. The van der Waals surface area contributed by atoms with Crippen molar-refractivity contribution < 1.29 is 8.42 Å². The van der Waals surface area contributed by atoms with Gasteiger partial charge in [-0.3, -0.25) is 0 Å². The summed E-state index contributed by atoms with van der Waals surface area (Å²) in [6, 6.07) is 8.80. The van der Waals surface area contributed by atoms with E-state index in [4.69, 9.17) is 0 Å². The van der Waals surface area contributed by atoms with Crippen LogP contribution in [0, 0.1) is 12.8 Å². The fourth-order valence-corrected chi connectivity index (χ4v) is 4.51. The number of rotatable bonds is 4. The van der Waals surface area contributed by atoms with Gasteiger partial charge in [0, 0.05) is 12.3 Å². The Morgan fingerprint density at radius 2 is 1.85 bits per heavy atom. The number of hydrogen-bond donors (Lipinski definition) is 1. The Labute approximate surface area is 122 Å². The molecule has 1 aromatic carbocycles. The first-order valence-electron chi connectivity index (χ1n) is 7.34. The van der Waals surface area contributed by atoms with Crippen molar-refractivity contribution in [3.63, 3.8) is 0 Å². The Balaban J connectivity index is 2.17. The van der Waals surface area contributed by atoms with Crippen molar-refractivity contribution in [2.75, 3.05) is 13.3 Å². The van der Waals surface area contributed by atoms with Gasteiger partial charge in [0.15, 0.2) is 0 Å². The number of hydrogen-bond acceptors (Lipinski definition) is 3. The highest BCUT2D eigenvalue weighted by Gasteiger charge is 2.33. The van der Waals surface area contributed by atoms with Gasteiger partial charge in [0.2, 0.25) is 0 Å². The van der Waals surface area contributed by atoms with Crippen molar-refractivity contribution in [1.82, 2.24) is 5.32 Å². The van der Waals surface area contributed by atoms with Gasteiger partial charge in [0.05, 0.1) is 5.25 Å². The summed E-state index contributed by atoms with van der Waals surface area (Å²) in [5.74, 6) is 0.399. The van der Waals surface area contributed by atoms with Crippen LogP contribution in [0.3, 0.4) is 0 Å². The van der Waals surface area contributed by atoms with Crippen LogP contribution in [0.5, 0.6) is 0 Å². The summed E-state index contributed by atoms with van der Waals surface area (Å²) in [4.78, 5) is 0. The quantitative estimate of drug-likeness (QED) is 0.929. The number of benzene rings is 1. The van der Waals surface area contributed by atoms with Gasteiger partial charge in [-0.15, -0.1) is 0 Å². The Kier molecular flexibility index (Phi) is 4.86. The molecule has 3 atom stereocenters. The lowest BCUT2D eigenvalue weighted by atomic mass is 9.81. The third-order valence-corrected chi connectivity index (χ3v) is 6.13. The maximum Gasteiger partial charge on any atom is 0.150 e. The Morgan fingerprint density at radius 3 is 2.40 bits per heavy atom. The Bertz CT molecular complexity index is 536. The Hall–Kier alpha value is -0.870. The predicted molar refractivity (Wildman–Crippen MR) is 83.6 cm³/mol. The van der Waals surface area contributed by atoms with Crippen LogP contribution >= 0.6 is 0 Å². The van der Waals surface area contributed by atoms with Crippen LogP contribution in [0.2, 0.25) is 0 Å². The third kappa shape index (κ3) is 3.61. The fourth-order valence-electron chi connectivity index (χ4n) is 3.32. The van der Waals surface area contributed by atoms with Crippen molar-refractivity contribution in [1.29, 1.82) is 0 Å². The minimum absolute atomic E-state index is 0.164. The first-order valence-corrected chi connectivity index (χ1v) is 9.30. The molecule has 2 rings (SSSR count). The monoisotopic (exact) mass is 295 g/mol. The topological polar surface area (TPSA) is 46.2 Å². The normalized spacial score (nSPS) is 25.4. The van der Waals surface area contributed by atoms with E-state index in [-0.39, 0.29) is 11.3 Å². The molecule has 1 aliphatic rings. The van der Waals surface area contributed by atoms with Gasteiger partial charge in [0.1, 0.15) is 9.84 Å². The van der Waals surface area contributed by atoms with Crippen LogP contribution in [0.15, 0.2) is 24.3 Å². The highest BCUT2D eigenvalue weighted by atomic mass is 32.2. The molecule has 0 amide bonds. The van der Waals surface area contributed by atoms with Crippen LogP contribution in [-0.4, -0.2) is 27.0 Å². The molecule has 1 aromatic rings. The highest BCUT2D eigenvalue weighted by molar-refractivity contribution is 7.91. The second kappa shape index (κ2) is 6.27. The van der Waals surface area contributed by atoms with Gasteiger partial charge in [-0.2, -0.15) is 0 Å². The number of sulfone groups is 1. The molecule has 1 fully saturated rings. The lowest BCUT2D eigenvalue weighted by Crippen LogP contribution is -2.34. The van der Waals surface area contributed by atoms with Gasteiger partial charge in [0.25, 0.3) is 0 Å². The molecule has 1 N–H and O–H groups in total. The van der Waals surface area contributed by atoms with Crippen molar-refractivity contribution in [2.45, 2.75) is 43.9 Å². The summed E-state index contributed by atoms with van der Waals surface area (Å²) >= 11 is 0. The third-order valence-electron chi connectivity index (χ3n) is 4.49. The van der Waals surface area contributed by atoms with Gasteiger partial charge < -0.3 is 5.32 Å². The molecule has 0 radical (unpaired) electrons. The predicted octanol–water partition coefficient (Wildman–Crippen LogP) is 2.86. The molecule has 3 nitrogen and oxygen atoms in total. The van der Waals surface area contributed by atoms with Crippen LogP contribution < -0.4 is 5.32 Å². The van der Waals surface area contributed by atoms with E-state index in [2.05, 4.69) is 36.5 Å². The molecule has 0 saturated heterocycles. The standard InChI is InChI=1S/C16H25NO2S/c1-12-7-9-13(10-8-12)16(17-2)14-5-4-6-15(11-14)20(3,18)19/h7-10,14-17H,4-6,11H2,1-3H3. The molecule has 3 unspecified atom stereocenters. The highest BCUT2D eigenvalue weighted by Crippen LogP contribution is 2.36. The first-order chi connectivity index (χ1) is 9.41. The van der Waals surface area contributed by atoms with Crippen LogP contribution in [0.1, 0.15) is 42.9 Å². The zero-order valence-electron chi connectivity index (χ0n) is 12.6. The van der Waals surface area contributed by atoms with Crippen molar-refractivity contribution in [3.8, 4) is 0 Å². The molecule has 0 aliphatic heterocycles. The van der Waals surface area contributed by atoms with E-state index in [9.17, 15) is 8.42 Å². The van der Waals surface area contributed by atoms with Gasteiger partial charge >= 0.3 is 0 Å². The van der Waals surface area contributed by atoms with Gasteiger partial charge in [-0.25, -0.2) is 8.42 Å². The van der Waals surface area contributed by atoms with Crippen molar-refractivity contribution in [3.05, 3.63) is 35.4 Å². The molecule has 0 spiro atoms. The van der Waals surface area contributed by atoms with Gasteiger partial charge in [-0.05, 0) is 44.7 Å². The lowest BCUT2D eigenvalue weighted by molar-refractivity contribution is 0.282. The van der Waals surface area contributed by atoms with E-state index in [0.29, 0.717) is 5.92 Å². The molecular weight excluding hydrogens is 270 g/mol. The summed E-state index contributed by atoms with van der Waals surface area (Å²) in [6.45, 7) is 2.08. The molecule has 1 saturated carbocycles. The first kappa shape index (κ1) is 15.5. The van der Waals surface area contributed by atoms with E-state index in [1.54, 1.807) is 0 Å². The smallest absolute Gasteiger partial charge is 0.150 e. The lowest BCUT2D eigenvalue weighted by Gasteiger charge is -2.34. The second-order valence-corrected chi connectivity index (χ2v) is 8.38. The van der Waals surface area contributed by atoms with E-state index < -0.39 is 9.84 Å². The Morgan fingerprint density at radius 1 is 1.20 bits per heavy atom. The fraction of sp³-hybridized carbons (Fsp3) is 0.625. The SMILES string of the molecule is CNC(c1ccc(C)cc1)C1CCCC(S(C)(=O)=O)C1. The largest absolute Gasteiger partial charge is 0.313 e. The molecule has 0 bridgehead atoms. The molecule has 112 valence electrons. The molecule has 4 heteroatoms. The number of nitrogens with one attached hydrogen (secondary N) is 1. The molecule has 20 heavy (non-hydrogen) atoms. The summed E-state index contributed by atoms with van der Waals surface area (Å²) in [5, 5.41) is 3.22. The van der Waals surface area contributed by atoms with E-state index >= 15 is 0 Å². The van der Waals surface area contributed by atoms with Crippen LogP contribution in [0.4, 0.5) is 0 Å². The summed E-state index contributed by atoms with van der Waals surface area (Å²) in [7, 11) is -0.950. The zero-order chi connectivity index (χ0) is 14.8. The van der Waals surface area contributed by atoms with E-state index in [1.807, 2.05) is 7.05 Å². The molecule has 0 heterocycles. The average Bonchev–Trinajstić information content (AvgIpc) is 2.41. The van der Waals surface area contributed by atoms with Crippen molar-refractivity contribution in [2.24, 2.45) is 5.92 Å². The minimum Gasteiger partial charge on any atom is -0.313 e. The molecule has 1 aliphatic carbocycles. The zero-order valence-corrected chi connectivity index (χ0v) is 13.4. The van der Waals surface area contributed by atoms with Crippen LogP contribution in [0.25, 0.3) is 0 Å². The summed E-state index contributed by atoms with van der Waals surface area (Å²) < 4.78 is 23.6. The molecule has 0 aromatic heterocycles. The van der Waals surface area contributed by atoms with E-state index in [1.165, 1.54) is 17.4 Å². The second-order valence-electron chi connectivity index (χ2n) is 6.06. The van der Waals surface area contributed by atoms with Crippen molar-refractivity contribution >= 4 is 9.84 Å². The molecular formula is C16H25NO2S. The maximum absolute atomic E-state index is 11.8. The van der Waals surface area contributed by atoms with E-state index in [0.717, 1.165) is 25.7 Å². The van der Waals surface area contributed by atoms with Crippen LogP contribution in [-0.2, 0) is 9.84 Å².